The van der Waals surface area contributed by atoms with Gasteiger partial charge in [0, 0.05) is 12.1 Å². The quantitative estimate of drug-likeness (QED) is 0.803. The number of hydrogen-bond donors (Lipinski definition) is 1. The molecular formula is C16H20N2O3. The van der Waals surface area contributed by atoms with Crippen LogP contribution >= 0.6 is 0 Å². The summed E-state index contributed by atoms with van der Waals surface area (Å²) >= 11 is 0. The van der Waals surface area contributed by atoms with Crippen LogP contribution in [0.2, 0.25) is 0 Å². The van der Waals surface area contributed by atoms with E-state index in [1.54, 1.807) is 0 Å². The molecule has 2 aliphatic rings. The molecule has 5 nitrogen and oxygen atoms in total. The molecule has 0 spiro atoms. The topological polar surface area (TPSA) is 58.6 Å². The van der Waals surface area contributed by atoms with Gasteiger partial charge in [0.1, 0.15) is 5.75 Å². The number of ether oxygens (including phenoxy) is 1. The summed E-state index contributed by atoms with van der Waals surface area (Å²) in [6.45, 7) is 2.89. The molecule has 112 valence electrons. The molecule has 1 aliphatic carbocycles. The average Bonchev–Trinajstić information content (AvgIpc) is 3.25. The van der Waals surface area contributed by atoms with Gasteiger partial charge in [0.25, 0.3) is 0 Å². The smallest absolute Gasteiger partial charge is 0.233 e. The molecule has 1 aromatic rings. The lowest BCUT2D eigenvalue weighted by atomic mass is 10.0. The lowest BCUT2D eigenvalue weighted by Gasteiger charge is -2.25. The maximum absolute atomic E-state index is 12.1. The van der Waals surface area contributed by atoms with Crippen LogP contribution in [-0.2, 0) is 9.59 Å². The van der Waals surface area contributed by atoms with Crippen LogP contribution in [0.1, 0.15) is 24.9 Å². The molecule has 1 aromatic carbocycles. The third kappa shape index (κ3) is 2.42. The Hall–Kier alpha value is -1.88. The van der Waals surface area contributed by atoms with Crippen molar-refractivity contribution in [3.05, 3.63) is 29.8 Å². The molecule has 2 amide bonds. The van der Waals surface area contributed by atoms with Crippen molar-refractivity contribution < 1.29 is 14.3 Å². The fraction of sp³-hybridized carbons (Fsp3) is 0.500. The summed E-state index contributed by atoms with van der Waals surface area (Å²) in [5.41, 5.74) is 0.975. The zero-order valence-corrected chi connectivity index (χ0v) is 12.3. The van der Waals surface area contributed by atoms with Crippen LogP contribution in [0.3, 0.4) is 0 Å². The zero-order chi connectivity index (χ0) is 15.0. The Labute approximate surface area is 124 Å². The highest BCUT2D eigenvalue weighted by atomic mass is 16.5. The second-order valence-corrected chi connectivity index (χ2v) is 5.55. The largest absolute Gasteiger partial charge is 0.494 e. The number of para-hydroxylation sites is 1. The number of imide groups is 1. The van der Waals surface area contributed by atoms with E-state index in [1.165, 1.54) is 4.90 Å². The number of piperidine rings is 1. The summed E-state index contributed by atoms with van der Waals surface area (Å²) in [6.07, 6.45) is 0.744. The SMILES string of the molecule is CCOc1ccccc1C(CN1C(=O)C2CC2C1=O)NC. The number of carbonyl (C=O) groups excluding carboxylic acids is 2. The first-order valence-corrected chi connectivity index (χ1v) is 7.41. The second kappa shape index (κ2) is 5.48. The summed E-state index contributed by atoms with van der Waals surface area (Å²) < 4.78 is 5.64. The fourth-order valence-electron chi connectivity index (χ4n) is 3.01. The number of rotatable bonds is 6. The Morgan fingerprint density at radius 1 is 1.29 bits per heavy atom. The number of fused-ring (bicyclic) bond motifs is 1. The Morgan fingerprint density at radius 3 is 2.57 bits per heavy atom. The fourth-order valence-corrected chi connectivity index (χ4v) is 3.01. The minimum Gasteiger partial charge on any atom is -0.494 e. The number of likely N-dealkylation sites (N-methyl/N-ethyl adjacent to an activating group) is 1. The van der Waals surface area contributed by atoms with E-state index < -0.39 is 0 Å². The van der Waals surface area contributed by atoms with Crippen LogP contribution in [0, 0.1) is 11.8 Å². The van der Waals surface area contributed by atoms with E-state index in [0.29, 0.717) is 13.2 Å². The molecule has 21 heavy (non-hydrogen) atoms. The summed E-state index contributed by atoms with van der Waals surface area (Å²) in [6, 6.07) is 7.63. The lowest BCUT2D eigenvalue weighted by Crippen LogP contribution is -2.39. The maximum atomic E-state index is 12.1. The van der Waals surface area contributed by atoms with Crippen molar-refractivity contribution in [3.63, 3.8) is 0 Å². The highest BCUT2D eigenvalue weighted by Gasteiger charge is 2.58. The van der Waals surface area contributed by atoms with Gasteiger partial charge in [0.2, 0.25) is 11.8 Å². The number of hydrogen-bond acceptors (Lipinski definition) is 4. The molecular weight excluding hydrogens is 268 g/mol. The minimum absolute atomic E-state index is 0.0147. The molecule has 0 bridgehead atoms. The first-order valence-electron chi connectivity index (χ1n) is 7.41. The Balaban J connectivity index is 1.79. The minimum atomic E-state index is -0.113. The molecule has 0 radical (unpaired) electrons. The van der Waals surface area contributed by atoms with Crippen molar-refractivity contribution in [1.82, 2.24) is 10.2 Å². The molecule has 3 unspecified atom stereocenters. The Morgan fingerprint density at radius 2 is 1.95 bits per heavy atom. The van der Waals surface area contributed by atoms with E-state index in [4.69, 9.17) is 4.74 Å². The van der Waals surface area contributed by atoms with E-state index in [-0.39, 0.29) is 29.7 Å². The number of nitrogens with zero attached hydrogens (tertiary/aromatic N) is 1. The highest BCUT2D eigenvalue weighted by molar-refractivity contribution is 6.08. The molecule has 1 heterocycles. The molecule has 5 heteroatoms. The van der Waals surface area contributed by atoms with Gasteiger partial charge in [-0.15, -0.1) is 0 Å². The molecule has 3 rings (SSSR count). The number of benzene rings is 1. The van der Waals surface area contributed by atoms with Gasteiger partial charge in [0.05, 0.1) is 24.5 Å². The zero-order valence-electron chi connectivity index (χ0n) is 12.3. The number of amides is 2. The monoisotopic (exact) mass is 288 g/mol. The van der Waals surface area contributed by atoms with Gasteiger partial charge in [-0.25, -0.2) is 0 Å². The predicted molar refractivity (Wildman–Crippen MR) is 77.7 cm³/mol. The third-order valence-corrected chi connectivity index (χ3v) is 4.26. The summed E-state index contributed by atoms with van der Waals surface area (Å²) in [5.74, 6) is 0.677. The van der Waals surface area contributed by atoms with Gasteiger partial charge in [-0.1, -0.05) is 18.2 Å². The van der Waals surface area contributed by atoms with Crippen LogP contribution in [0.25, 0.3) is 0 Å². The van der Waals surface area contributed by atoms with Gasteiger partial charge < -0.3 is 10.1 Å². The van der Waals surface area contributed by atoms with Crippen LogP contribution in [0.15, 0.2) is 24.3 Å². The van der Waals surface area contributed by atoms with Gasteiger partial charge in [-0.3, -0.25) is 14.5 Å². The van der Waals surface area contributed by atoms with Crippen molar-refractivity contribution >= 4 is 11.8 Å². The van der Waals surface area contributed by atoms with Gasteiger partial charge >= 0.3 is 0 Å². The molecule has 1 saturated carbocycles. The first kappa shape index (κ1) is 14.1. The Bertz CT molecular complexity index is 552. The van der Waals surface area contributed by atoms with Gasteiger partial charge in [-0.05, 0) is 26.5 Å². The molecule has 1 saturated heterocycles. The van der Waals surface area contributed by atoms with E-state index >= 15 is 0 Å². The number of carbonyl (C=O) groups is 2. The Kier molecular flexibility index (Phi) is 3.68. The van der Waals surface area contributed by atoms with Crippen molar-refractivity contribution in [1.29, 1.82) is 0 Å². The second-order valence-electron chi connectivity index (χ2n) is 5.55. The van der Waals surface area contributed by atoms with E-state index in [1.807, 2.05) is 38.2 Å². The first-order chi connectivity index (χ1) is 10.2. The van der Waals surface area contributed by atoms with Crippen LogP contribution in [0.4, 0.5) is 0 Å². The predicted octanol–water partition coefficient (Wildman–Crippen LogP) is 1.35. The van der Waals surface area contributed by atoms with Crippen LogP contribution < -0.4 is 10.1 Å². The van der Waals surface area contributed by atoms with E-state index in [2.05, 4.69) is 5.32 Å². The molecule has 1 N–H and O–H groups in total. The van der Waals surface area contributed by atoms with Crippen molar-refractivity contribution in [2.24, 2.45) is 11.8 Å². The summed E-state index contributed by atoms with van der Waals surface area (Å²) in [4.78, 5) is 25.6. The van der Waals surface area contributed by atoms with E-state index in [9.17, 15) is 9.59 Å². The third-order valence-electron chi connectivity index (χ3n) is 4.26. The van der Waals surface area contributed by atoms with Crippen LogP contribution in [-0.4, -0.2) is 36.9 Å². The molecule has 3 atom stereocenters. The van der Waals surface area contributed by atoms with Crippen molar-refractivity contribution in [2.45, 2.75) is 19.4 Å². The van der Waals surface area contributed by atoms with Gasteiger partial charge in [0.15, 0.2) is 0 Å². The summed E-state index contributed by atoms with van der Waals surface area (Å²) in [5, 5.41) is 3.19. The van der Waals surface area contributed by atoms with Crippen molar-refractivity contribution in [3.8, 4) is 5.75 Å². The van der Waals surface area contributed by atoms with Crippen molar-refractivity contribution in [2.75, 3.05) is 20.2 Å². The van der Waals surface area contributed by atoms with E-state index in [0.717, 1.165) is 17.7 Å². The lowest BCUT2D eigenvalue weighted by molar-refractivity contribution is -0.141. The summed E-state index contributed by atoms with van der Waals surface area (Å²) in [7, 11) is 1.83. The number of nitrogens with one attached hydrogen (secondary N) is 1. The average molecular weight is 288 g/mol. The molecule has 2 fully saturated rings. The number of likely N-dealkylation sites (tertiary alicyclic amines) is 1. The standard InChI is InChI=1S/C16H20N2O3/c1-3-21-14-7-5-4-6-10(14)13(17-2)9-18-15(19)11-8-12(11)16(18)20/h4-7,11-13,17H,3,8-9H2,1-2H3. The highest BCUT2D eigenvalue weighted by Crippen LogP contribution is 2.47. The normalized spacial score (nSPS) is 25.0. The molecule has 1 aliphatic heterocycles. The molecule has 0 aromatic heterocycles. The van der Waals surface area contributed by atoms with Gasteiger partial charge in [-0.2, -0.15) is 0 Å². The van der Waals surface area contributed by atoms with Crippen LogP contribution in [0.5, 0.6) is 5.75 Å². The maximum Gasteiger partial charge on any atom is 0.233 e.